The summed E-state index contributed by atoms with van der Waals surface area (Å²) in [5.74, 6) is 1.90. The normalized spacial score (nSPS) is 24.5. The molecule has 5 heteroatoms. The molecule has 2 rings (SSSR count). The highest BCUT2D eigenvalue weighted by Crippen LogP contribution is 2.30. The van der Waals surface area contributed by atoms with Crippen LogP contribution in [0, 0.1) is 5.92 Å². The van der Waals surface area contributed by atoms with Crippen molar-refractivity contribution < 1.29 is 12.8 Å². The van der Waals surface area contributed by atoms with Gasteiger partial charge in [-0.3, -0.25) is 0 Å². The van der Waals surface area contributed by atoms with Gasteiger partial charge >= 0.3 is 0 Å². The Balaban J connectivity index is 2.03. The van der Waals surface area contributed by atoms with Gasteiger partial charge in [0.05, 0.1) is 11.8 Å². The molecule has 1 saturated carbocycles. The predicted octanol–water partition coefficient (Wildman–Crippen LogP) is 2.49. The lowest BCUT2D eigenvalue weighted by atomic mass is 9.91. The molecule has 1 N–H and O–H groups in total. The highest BCUT2D eigenvalue weighted by atomic mass is 32.2. The average molecular weight is 285 g/mol. The van der Waals surface area contributed by atoms with E-state index in [2.05, 4.69) is 12.2 Å². The van der Waals surface area contributed by atoms with Crippen LogP contribution < -0.4 is 5.32 Å². The van der Waals surface area contributed by atoms with Crippen LogP contribution in [0.2, 0.25) is 0 Å². The summed E-state index contributed by atoms with van der Waals surface area (Å²) in [6.45, 7) is 2.76. The van der Waals surface area contributed by atoms with E-state index in [1.54, 1.807) is 6.07 Å². The second-order valence-corrected chi connectivity index (χ2v) is 7.88. The van der Waals surface area contributed by atoms with E-state index in [0.29, 0.717) is 18.2 Å². The zero-order valence-corrected chi connectivity index (χ0v) is 12.5. The molecule has 1 aromatic heterocycles. The van der Waals surface area contributed by atoms with E-state index in [4.69, 9.17) is 4.42 Å². The SMILES string of the molecule is CNCc1ccc(CS(=O)(=O)C2CCCC(C)C2)o1. The predicted molar refractivity (Wildman–Crippen MR) is 75.5 cm³/mol. The van der Waals surface area contributed by atoms with E-state index in [-0.39, 0.29) is 11.0 Å². The Morgan fingerprint density at radius 3 is 2.74 bits per heavy atom. The average Bonchev–Trinajstić information content (AvgIpc) is 2.76. The van der Waals surface area contributed by atoms with Crippen LogP contribution in [0.5, 0.6) is 0 Å². The van der Waals surface area contributed by atoms with Crippen molar-refractivity contribution >= 4 is 9.84 Å². The van der Waals surface area contributed by atoms with Crippen molar-refractivity contribution in [3.05, 3.63) is 23.7 Å². The second-order valence-electron chi connectivity index (χ2n) is 5.60. The highest BCUT2D eigenvalue weighted by molar-refractivity contribution is 7.91. The third-order valence-electron chi connectivity index (χ3n) is 3.81. The maximum Gasteiger partial charge on any atom is 0.160 e. The van der Waals surface area contributed by atoms with Crippen LogP contribution in [0.3, 0.4) is 0 Å². The molecule has 1 aliphatic carbocycles. The molecule has 1 aromatic rings. The van der Waals surface area contributed by atoms with Crippen LogP contribution in [-0.2, 0) is 22.1 Å². The first-order chi connectivity index (χ1) is 9.01. The summed E-state index contributed by atoms with van der Waals surface area (Å²) in [5, 5.41) is 2.80. The number of hydrogen-bond acceptors (Lipinski definition) is 4. The minimum atomic E-state index is -3.09. The smallest absolute Gasteiger partial charge is 0.160 e. The Bertz CT molecular complexity index is 507. The number of hydrogen-bond donors (Lipinski definition) is 1. The molecular formula is C14H23NO3S. The Morgan fingerprint density at radius 2 is 2.05 bits per heavy atom. The summed E-state index contributed by atoms with van der Waals surface area (Å²) in [5.41, 5.74) is 0. The number of sulfone groups is 1. The molecule has 0 amide bonds. The summed E-state index contributed by atoms with van der Waals surface area (Å²) < 4.78 is 30.3. The Hall–Kier alpha value is -0.810. The number of furan rings is 1. The molecule has 1 aliphatic rings. The highest BCUT2D eigenvalue weighted by Gasteiger charge is 2.30. The second kappa shape index (κ2) is 6.09. The molecular weight excluding hydrogens is 262 g/mol. The van der Waals surface area contributed by atoms with Crippen LogP contribution in [0.25, 0.3) is 0 Å². The third kappa shape index (κ3) is 3.83. The number of nitrogens with one attached hydrogen (secondary N) is 1. The van der Waals surface area contributed by atoms with Gasteiger partial charge in [0.25, 0.3) is 0 Å². The molecule has 0 aromatic carbocycles. The lowest BCUT2D eigenvalue weighted by Gasteiger charge is -2.26. The van der Waals surface area contributed by atoms with Crippen LogP contribution in [0.1, 0.15) is 44.1 Å². The van der Waals surface area contributed by atoms with Gasteiger partial charge in [0, 0.05) is 0 Å². The molecule has 2 unspecified atom stereocenters. The maximum absolute atomic E-state index is 12.4. The zero-order valence-electron chi connectivity index (χ0n) is 11.7. The topological polar surface area (TPSA) is 59.3 Å². The monoisotopic (exact) mass is 285 g/mol. The van der Waals surface area contributed by atoms with Gasteiger partial charge in [-0.05, 0) is 37.9 Å². The lowest BCUT2D eigenvalue weighted by molar-refractivity contribution is 0.380. The van der Waals surface area contributed by atoms with Crippen LogP contribution in [0.4, 0.5) is 0 Å². The minimum Gasteiger partial charge on any atom is -0.464 e. The largest absolute Gasteiger partial charge is 0.464 e. The Morgan fingerprint density at radius 1 is 1.32 bits per heavy atom. The summed E-state index contributed by atoms with van der Waals surface area (Å²) in [7, 11) is -1.25. The summed E-state index contributed by atoms with van der Waals surface area (Å²) in [6, 6.07) is 3.61. The molecule has 1 heterocycles. The molecule has 2 atom stereocenters. The fourth-order valence-corrected chi connectivity index (χ4v) is 4.72. The van der Waals surface area contributed by atoms with Crippen molar-refractivity contribution in [2.75, 3.05) is 7.05 Å². The van der Waals surface area contributed by atoms with Crippen LogP contribution >= 0.6 is 0 Å². The van der Waals surface area contributed by atoms with E-state index < -0.39 is 9.84 Å². The van der Waals surface area contributed by atoms with Crippen molar-refractivity contribution in [3.63, 3.8) is 0 Å². The van der Waals surface area contributed by atoms with Crippen LogP contribution in [-0.4, -0.2) is 20.7 Å². The van der Waals surface area contributed by atoms with E-state index >= 15 is 0 Å². The maximum atomic E-state index is 12.4. The van der Waals surface area contributed by atoms with Crippen molar-refractivity contribution in [2.45, 2.75) is 50.2 Å². The first kappa shape index (κ1) is 14.6. The standard InChI is InChI=1S/C14H23NO3S/c1-11-4-3-5-14(8-11)19(16,17)10-13-7-6-12(18-13)9-15-2/h6-7,11,14-15H,3-5,8-10H2,1-2H3. The molecule has 0 radical (unpaired) electrons. The van der Waals surface area contributed by atoms with Crippen LogP contribution in [0.15, 0.2) is 16.5 Å². The molecule has 0 saturated heterocycles. The molecule has 1 fully saturated rings. The van der Waals surface area contributed by atoms with E-state index in [1.807, 2.05) is 13.1 Å². The van der Waals surface area contributed by atoms with Crippen molar-refractivity contribution in [1.29, 1.82) is 0 Å². The van der Waals surface area contributed by atoms with Crippen molar-refractivity contribution in [2.24, 2.45) is 5.92 Å². The van der Waals surface area contributed by atoms with Gasteiger partial charge in [-0.15, -0.1) is 0 Å². The van der Waals surface area contributed by atoms with Gasteiger partial charge < -0.3 is 9.73 Å². The fraction of sp³-hybridized carbons (Fsp3) is 0.714. The lowest BCUT2D eigenvalue weighted by Crippen LogP contribution is -2.28. The minimum absolute atomic E-state index is 0.0358. The first-order valence-electron chi connectivity index (χ1n) is 6.95. The molecule has 108 valence electrons. The van der Waals surface area contributed by atoms with Gasteiger partial charge in [0.15, 0.2) is 9.84 Å². The summed E-state index contributed by atoms with van der Waals surface area (Å²) in [6.07, 6.45) is 3.77. The molecule has 0 bridgehead atoms. The molecule has 19 heavy (non-hydrogen) atoms. The number of rotatable bonds is 5. The fourth-order valence-electron chi connectivity index (χ4n) is 2.79. The van der Waals surface area contributed by atoms with Gasteiger partial charge in [-0.25, -0.2) is 8.42 Å². The molecule has 0 aliphatic heterocycles. The van der Waals surface area contributed by atoms with E-state index in [0.717, 1.165) is 31.4 Å². The summed E-state index contributed by atoms with van der Waals surface area (Å²) in [4.78, 5) is 0. The van der Waals surface area contributed by atoms with Crippen molar-refractivity contribution in [1.82, 2.24) is 5.32 Å². The third-order valence-corrected chi connectivity index (χ3v) is 5.94. The zero-order chi connectivity index (χ0) is 13.9. The van der Waals surface area contributed by atoms with Crippen molar-refractivity contribution in [3.8, 4) is 0 Å². The quantitative estimate of drug-likeness (QED) is 0.903. The van der Waals surface area contributed by atoms with E-state index in [1.165, 1.54) is 0 Å². The van der Waals surface area contributed by atoms with Gasteiger partial charge in [0.2, 0.25) is 0 Å². The summed E-state index contributed by atoms with van der Waals surface area (Å²) >= 11 is 0. The van der Waals surface area contributed by atoms with Gasteiger partial charge in [-0.1, -0.05) is 19.8 Å². The Kier molecular flexibility index (Phi) is 4.68. The van der Waals surface area contributed by atoms with Gasteiger partial charge in [-0.2, -0.15) is 0 Å². The first-order valence-corrected chi connectivity index (χ1v) is 8.66. The van der Waals surface area contributed by atoms with Gasteiger partial charge in [0.1, 0.15) is 17.3 Å². The van der Waals surface area contributed by atoms with E-state index in [9.17, 15) is 8.42 Å². The molecule has 4 nitrogen and oxygen atoms in total. The Labute approximate surface area is 115 Å². The molecule has 0 spiro atoms.